The first-order chi connectivity index (χ1) is 7.97. The third-order valence-electron chi connectivity index (χ3n) is 4.32. The molecule has 1 N–H and O–H groups in total. The van der Waals surface area contributed by atoms with E-state index in [-0.39, 0.29) is 18.9 Å². The van der Waals surface area contributed by atoms with Crippen LogP contribution in [0, 0.1) is 5.92 Å². The molecule has 0 unspecified atom stereocenters. The summed E-state index contributed by atoms with van der Waals surface area (Å²) in [6.45, 7) is 2.17. The van der Waals surface area contributed by atoms with Gasteiger partial charge in [0.2, 0.25) is 0 Å². The average molecular weight is 249 g/mol. The monoisotopic (exact) mass is 249 g/mol. The maximum Gasteiger partial charge on any atom is 0.406 e. The van der Waals surface area contributed by atoms with Crippen molar-refractivity contribution in [3.8, 4) is 0 Å². The molecule has 0 atom stereocenters. The van der Waals surface area contributed by atoms with Crippen molar-refractivity contribution in [1.82, 2.24) is 5.32 Å². The molecule has 0 amide bonds. The Hall–Kier alpha value is -0.250. The minimum Gasteiger partial charge on any atom is -0.301 e. The van der Waals surface area contributed by atoms with Gasteiger partial charge in [-0.25, -0.2) is 0 Å². The Morgan fingerprint density at radius 2 is 1.71 bits per heavy atom. The first-order valence-corrected chi connectivity index (χ1v) is 6.81. The van der Waals surface area contributed by atoms with Crippen molar-refractivity contribution < 1.29 is 13.2 Å². The Balaban J connectivity index is 1.79. The zero-order chi connectivity index (χ0) is 12.5. The van der Waals surface area contributed by atoms with Crippen LogP contribution in [0.4, 0.5) is 13.2 Å². The SMILES string of the molecule is CCCC1CCC(NC2(C(F)(F)F)CC2)CC1. The number of hydrogen-bond acceptors (Lipinski definition) is 1. The van der Waals surface area contributed by atoms with E-state index in [4.69, 9.17) is 0 Å². The van der Waals surface area contributed by atoms with Gasteiger partial charge in [-0.3, -0.25) is 0 Å². The summed E-state index contributed by atoms with van der Waals surface area (Å²) in [5.74, 6) is 0.749. The highest BCUT2D eigenvalue weighted by molar-refractivity contribution is 5.09. The van der Waals surface area contributed by atoms with Crippen LogP contribution in [0.5, 0.6) is 0 Å². The highest BCUT2D eigenvalue weighted by Gasteiger charge is 2.63. The molecule has 1 nitrogen and oxygen atoms in total. The van der Waals surface area contributed by atoms with E-state index >= 15 is 0 Å². The molecule has 2 saturated carbocycles. The molecule has 17 heavy (non-hydrogen) atoms. The van der Waals surface area contributed by atoms with Crippen LogP contribution in [0.25, 0.3) is 0 Å². The average Bonchev–Trinajstić information content (AvgIpc) is 3.02. The molecule has 0 bridgehead atoms. The smallest absolute Gasteiger partial charge is 0.301 e. The van der Waals surface area contributed by atoms with Gasteiger partial charge >= 0.3 is 6.18 Å². The van der Waals surface area contributed by atoms with Gasteiger partial charge in [-0.05, 0) is 44.4 Å². The second kappa shape index (κ2) is 4.79. The molecule has 0 aliphatic heterocycles. The molecule has 0 heterocycles. The molecular weight excluding hydrogens is 227 g/mol. The summed E-state index contributed by atoms with van der Waals surface area (Å²) in [7, 11) is 0. The molecule has 0 saturated heterocycles. The fourth-order valence-electron chi connectivity index (χ4n) is 3.03. The van der Waals surface area contributed by atoms with Gasteiger partial charge in [0.1, 0.15) is 5.54 Å². The lowest BCUT2D eigenvalue weighted by molar-refractivity contribution is -0.168. The molecule has 0 spiro atoms. The van der Waals surface area contributed by atoms with Gasteiger partial charge in [0.05, 0.1) is 0 Å². The van der Waals surface area contributed by atoms with E-state index in [0.29, 0.717) is 0 Å². The molecule has 2 fully saturated rings. The topological polar surface area (TPSA) is 12.0 Å². The van der Waals surface area contributed by atoms with Crippen LogP contribution in [0.3, 0.4) is 0 Å². The predicted molar refractivity (Wildman–Crippen MR) is 61.8 cm³/mol. The van der Waals surface area contributed by atoms with Crippen LogP contribution < -0.4 is 5.32 Å². The maximum absolute atomic E-state index is 12.8. The van der Waals surface area contributed by atoms with Crippen molar-refractivity contribution in [3.05, 3.63) is 0 Å². The van der Waals surface area contributed by atoms with Crippen LogP contribution >= 0.6 is 0 Å². The third-order valence-corrected chi connectivity index (χ3v) is 4.32. The largest absolute Gasteiger partial charge is 0.406 e. The number of nitrogens with one attached hydrogen (secondary N) is 1. The molecule has 2 aliphatic carbocycles. The lowest BCUT2D eigenvalue weighted by atomic mass is 9.83. The number of alkyl halides is 3. The van der Waals surface area contributed by atoms with Gasteiger partial charge in [-0.15, -0.1) is 0 Å². The summed E-state index contributed by atoms with van der Waals surface area (Å²) in [5.41, 5.74) is -1.52. The Labute approximate surface area is 101 Å². The molecule has 0 aromatic rings. The molecule has 2 rings (SSSR count). The van der Waals surface area contributed by atoms with Gasteiger partial charge in [0.15, 0.2) is 0 Å². The van der Waals surface area contributed by atoms with Crippen LogP contribution in [0.2, 0.25) is 0 Å². The van der Waals surface area contributed by atoms with Crippen molar-refractivity contribution in [2.45, 2.75) is 76.0 Å². The maximum atomic E-state index is 12.8. The summed E-state index contributed by atoms with van der Waals surface area (Å²) in [6, 6.07) is 0.0900. The second-order valence-corrected chi connectivity index (χ2v) is 5.73. The molecule has 4 heteroatoms. The highest BCUT2D eigenvalue weighted by Crippen LogP contribution is 2.50. The van der Waals surface area contributed by atoms with E-state index in [9.17, 15) is 13.2 Å². The quantitative estimate of drug-likeness (QED) is 0.793. The lowest BCUT2D eigenvalue weighted by Gasteiger charge is -2.33. The molecule has 0 aromatic carbocycles. The summed E-state index contributed by atoms with van der Waals surface area (Å²) in [5, 5.41) is 2.88. The van der Waals surface area contributed by atoms with Gasteiger partial charge in [0.25, 0.3) is 0 Å². The fraction of sp³-hybridized carbons (Fsp3) is 1.00. The first kappa shape index (κ1) is 13.2. The number of hydrogen-bond donors (Lipinski definition) is 1. The summed E-state index contributed by atoms with van der Waals surface area (Å²) >= 11 is 0. The Kier molecular flexibility index (Phi) is 3.71. The van der Waals surface area contributed by atoms with Crippen LogP contribution in [0.1, 0.15) is 58.3 Å². The van der Waals surface area contributed by atoms with Gasteiger partial charge in [-0.1, -0.05) is 19.8 Å². The summed E-state index contributed by atoms with van der Waals surface area (Å²) in [4.78, 5) is 0. The normalized spacial score (nSPS) is 32.5. The van der Waals surface area contributed by atoms with Gasteiger partial charge in [-0.2, -0.15) is 13.2 Å². The first-order valence-electron chi connectivity index (χ1n) is 6.81. The van der Waals surface area contributed by atoms with Crippen LogP contribution in [0.15, 0.2) is 0 Å². The summed E-state index contributed by atoms with van der Waals surface area (Å²) < 4.78 is 38.4. The third kappa shape index (κ3) is 2.95. The molecule has 0 aromatic heterocycles. The Morgan fingerprint density at radius 3 is 2.12 bits per heavy atom. The van der Waals surface area contributed by atoms with E-state index in [1.165, 1.54) is 12.8 Å². The van der Waals surface area contributed by atoms with Crippen molar-refractivity contribution in [2.24, 2.45) is 5.92 Å². The van der Waals surface area contributed by atoms with Crippen molar-refractivity contribution >= 4 is 0 Å². The van der Waals surface area contributed by atoms with Crippen molar-refractivity contribution in [2.75, 3.05) is 0 Å². The molecular formula is C13H22F3N. The van der Waals surface area contributed by atoms with Crippen molar-refractivity contribution in [1.29, 1.82) is 0 Å². The van der Waals surface area contributed by atoms with E-state index in [2.05, 4.69) is 12.2 Å². The molecule has 0 radical (unpaired) electrons. The Bertz CT molecular complexity index is 250. The fourth-order valence-corrected chi connectivity index (χ4v) is 3.03. The van der Waals surface area contributed by atoms with Gasteiger partial charge in [0, 0.05) is 6.04 Å². The highest BCUT2D eigenvalue weighted by atomic mass is 19.4. The van der Waals surface area contributed by atoms with E-state index < -0.39 is 11.7 Å². The van der Waals surface area contributed by atoms with E-state index in [1.807, 2.05) is 0 Å². The zero-order valence-electron chi connectivity index (χ0n) is 10.4. The Morgan fingerprint density at radius 1 is 1.12 bits per heavy atom. The predicted octanol–water partition coefficient (Wildman–Crippen LogP) is 4.03. The lowest BCUT2D eigenvalue weighted by Crippen LogP contribution is -2.50. The van der Waals surface area contributed by atoms with E-state index in [0.717, 1.165) is 31.6 Å². The van der Waals surface area contributed by atoms with E-state index in [1.54, 1.807) is 0 Å². The molecule has 100 valence electrons. The minimum atomic E-state index is -4.06. The molecule has 2 aliphatic rings. The summed E-state index contributed by atoms with van der Waals surface area (Å²) in [6.07, 6.45) is 2.93. The van der Waals surface area contributed by atoms with Crippen LogP contribution in [-0.2, 0) is 0 Å². The van der Waals surface area contributed by atoms with Gasteiger partial charge < -0.3 is 5.32 Å². The van der Waals surface area contributed by atoms with Crippen molar-refractivity contribution in [3.63, 3.8) is 0 Å². The van der Waals surface area contributed by atoms with Crippen LogP contribution in [-0.4, -0.2) is 17.8 Å². The number of rotatable bonds is 4. The number of halogens is 3. The zero-order valence-corrected chi connectivity index (χ0v) is 10.4. The second-order valence-electron chi connectivity index (χ2n) is 5.73. The standard InChI is InChI=1S/C13H22F3N/c1-2-3-10-4-6-11(7-5-10)17-12(8-9-12)13(14,15)16/h10-11,17H,2-9H2,1H3. The minimum absolute atomic E-state index is 0.0900.